The molecule has 1 aliphatic carbocycles. The van der Waals surface area contributed by atoms with Gasteiger partial charge in [-0.3, -0.25) is 4.68 Å². The van der Waals surface area contributed by atoms with Gasteiger partial charge in [-0.1, -0.05) is 0 Å². The Morgan fingerprint density at radius 2 is 2.44 bits per heavy atom. The van der Waals surface area contributed by atoms with Crippen LogP contribution in [0.3, 0.4) is 0 Å². The summed E-state index contributed by atoms with van der Waals surface area (Å²) < 4.78 is 7.97. The zero-order valence-electron chi connectivity index (χ0n) is 9.61. The van der Waals surface area contributed by atoms with Crippen molar-refractivity contribution in [2.75, 3.05) is 7.11 Å². The molecule has 4 nitrogen and oxygen atoms in total. The molecule has 0 bridgehead atoms. The van der Waals surface area contributed by atoms with Crippen molar-refractivity contribution in [1.29, 1.82) is 0 Å². The fourth-order valence-corrected chi connectivity index (χ4v) is 3.27. The highest BCUT2D eigenvalue weighted by molar-refractivity contribution is 9.10. The van der Waals surface area contributed by atoms with Crippen molar-refractivity contribution in [1.82, 2.24) is 9.78 Å². The molecule has 2 unspecified atom stereocenters. The van der Waals surface area contributed by atoms with Crippen LogP contribution in [0, 0.1) is 0 Å². The van der Waals surface area contributed by atoms with Gasteiger partial charge in [-0.15, -0.1) is 0 Å². The number of hydrogen-bond acceptors (Lipinski definition) is 3. The molecule has 0 saturated heterocycles. The lowest BCUT2D eigenvalue weighted by atomic mass is 9.81. The second-order valence-corrected chi connectivity index (χ2v) is 5.30. The number of ether oxygens (including phenoxy) is 1. The van der Waals surface area contributed by atoms with E-state index in [9.17, 15) is 5.11 Å². The third-order valence-electron chi connectivity index (χ3n) is 3.35. The molecule has 1 fully saturated rings. The molecule has 0 spiro atoms. The van der Waals surface area contributed by atoms with Gasteiger partial charge in [0, 0.05) is 20.6 Å². The first-order valence-electron chi connectivity index (χ1n) is 5.50. The predicted molar refractivity (Wildman–Crippen MR) is 64.1 cm³/mol. The molecule has 1 aromatic rings. The molecular formula is C11H17BrN2O2. The van der Waals surface area contributed by atoms with Gasteiger partial charge >= 0.3 is 0 Å². The molecule has 0 amide bonds. The number of aryl methyl sites for hydroxylation is 1. The van der Waals surface area contributed by atoms with Crippen LogP contribution < -0.4 is 0 Å². The third-order valence-corrected chi connectivity index (χ3v) is 3.93. The molecule has 0 aliphatic heterocycles. The molecule has 1 N–H and O–H groups in total. The van der Waals surface area contributed by atoms with E-state index >= 15 is 0 Å². The van der Waals surface area contributed by atoms with Crippen molar-refractivity contribution < 1.29 is 9.84 Å². The average molecular weight is 289 g/mol. The zero-order chi connectivity index (χ0) is 11.8. The number of aromatic nitrogens is 2. The van der Waals surface area contributed by atoms with Crippen LogP contribution in [0.5, 0.6) is 0 Å². The first kappa shape index (κ1) is 12.1. The molecule has 1 aliphatic rings. The minimum absolute atomic E-state index is 0.139. The summed E-state index contributed by atoms with van der Waals surface area (Å²) in [6.45, 7) is 0. The first-order chi connectivity index (χ1) is 7.57. The summed E-state index contributed by atoms with van der Waals surface area (Å²) in [6, 6.07) is 0. The quantitative estimate of drug-likeness (QED) is 0.905. The summed E-state index contributed by atoms with van der Waals surface area (Å²) in [5.41, 5.74) is 0.0393. The van der Waals surface area contributed by atoms with Crippen LogP contribution in [0.1, 0.15) is 31.4 Å². The van der Waals surface area contributed by atoms with Gasteiger partial charge in [-0.05, 0) is 35.2 Å². The highest BCUT2D eigenvalue weighted by Crippen LogP contribution is 2.40. The second kappa shape index (κ2) is 4.47. The Balaban J connectivity index is 2.31. The molecule has 2 rings (SSSR count). The summed E-state index contributed by atoms with van der Waals surface area (Å²) in [6.07, 6.45) is 5.28. The smallest absolute Gasteiger partial charge is 0.110 e. The minimum atomic E-state index is -0.816. The largest absolute Gasteiger partial charge is 0.383 e. The van der Waals surface area contributed by atoms with Crippen LogP contribution in [-0.2, 0) is 17.4 Å². The topological polar surface area (TPSA) is 47.3 Å². The van der Waals surface area contributed by atoms with Gasteiger partial charge in [0.15, 0.2) is 0 Å². The van der Waals surface area contributed by atoms with E-state index in [0.717, 1.165) is 29.4 Å². The fraction of sp³-hybridized carbons (Fsp3) is 0.727. The Labute approximate surface area is 104 Å². The number of nitrogens with zero attached hydrogens (tertiary/aromatic N) is 2. The predicted octanol–water partition coefficient (Wildman–Crippen LogP) is 1.96. The van der Waals surface area contributed by atoms with Crippen molar-refractivity contribution in [3.05, 3.63) is 16.4 Å². The van der Waals surface area contributed by atoms with Gasteiger partial charge < -0.3 is 9.84 Å². The molecule has 0 radical (unpaired) electrons. The third kappa shape index (κ3) is 2.04. The first-order valence-corrected chi connectivity index (χ1v) is 6.29. The van der Waals surface area contributed by atoms with E-state index in [1.54, 1.807) is 18.0 Å². The van der Waals surface area contributed by atoms with Crippen LogP contribution in [0.25, 0.3) is 0 Å². The molecular weight excluding hydrogens is 272 g/mol. The Kier molecular flexibility index (Phi) is 3.37. The van der Waals surface area contributed by atoms with Crippen molar-refractivity contribution in [2.45, 2.75) is 37.4 Å². The van der Waals surface area contributed by atoms with Crippen molar-refractivity contribution in [3.8, 4) is 0 Å². The van der Waals surface area contributed by atoms with Gasteiger partial charge in [0.25, 0.3) is 0 Å². The maximum absolute atomic E-state index is 10.7. The molecule has 1 heterocycles. The van der Waals surface area contributed by atoms with Crippen molar-refractivity contribution >= 4 is 15.9 Å². The Bertz CT molecular complexity index is 361. The lowest BCUT2D eigenvalue weighted by Crippen LogP contribution is -2.37. The van der Waals surface area contributed by atoms with E-state index in [1.165, 1.54) is 0 Å². The van der Waals surface area contributed by atoms with Crippen LogP contribution in [-0.4, -0.2) is 28.1 Å². The summed E-state index contributed by atoms with van der Waals surface area (Å²) in [5, 5.41) is 14.9. The molecule has 16 heavy (non-hydrogen) atoms. The maximum atomic E-state index is 10.7. The highest BCUT2D eigenvalue weighted by atomic mass is 79.9. The molecule has 0 aromatic carbocycles. The van der Waals surface area contributed by atoms with Crippen LogP contribution >= 0.6 is 15.9 Å². The van der Waals surface area contributed by atoms with E-state index < -0.39 is 5.60 Å². The average Bonchev–Trinajstić information content (AvgIpc) is 2.59. The Morgan fingerprint density at radius 3 is 3.00 bits per heavy atom. The minimum Gasteiger partial charge on any atom is -0.383 e. The summed E-state index contributed by atoms with van der Waals surface area (Å²) in [4.78, 5) is 0. The monoisotopic (exact) mass is 288 g/mol. The normalized spacial score (nSPS) is 30.6. The lowest BCUT2D eigenvalue weighted by molar-refractivity contribution is -0.0681. The molecule has 1 aromatic heterocycles. The summed E-state index contributed by atoms with van der Waals surface area (Å²) >= 11 is 3.45. The molecule has 90 valence electrons. The van der Waals surface area contributed by atoms with Crippen LogP contribution in [0.4, 0.5) is 0 Å². The van der Waals surface area contributed by atoms with Gasteiger partial charge in [0.1, 0.15) is 5.60 Å². The molecule has 5 heteroatoms. The maximum Gasteiger partial charge on any atom is 0.110 e. The number of aliphatic hydroxyl groups is 1. The van der Waals surface area contributed by atoms with E-state index in [1.807, 2.05) is 7.05 Å². The SMILES string of the molecule is COC1CCCC(O)(c2c(Br)cnn2C)C1. The van der Waals surface area contributed by atoms with E-state index in [2.05, 4.69) is 21.0 Å². The number of rotatable bonds is 2. The number of halogens is 1. The van der Waals surface area contributed by atoms with Gasteiger partial charge in [0.05, 0.1) is 22.5 Å². The number of hydrogen-bond donors (Lipinski definition) is 1. The summed E-state index contributed by atoms with van der Waals surface area (Å²) in [7, 11) is 3.56. The lowest BCUT2D eigenvalue weighted by Gasteiger charge is -2.36. The van der Waals surface area contributed by atoms with Gasteiger partial charge in [-0.25, -0.2) is 0 Å². The van der Waals surface area contributed by atoms with Gasteiger partial charge in [-0.2, -0.15) is 5.10 Å². The van der Waals surface area contributed by atoms with E-state index in [-0.39, 0.29) is 6.10 Å². The van der Waals surface area contributed by atoms with Gasteiger partial charge in [0.2, 0.25) is 0 Å². The summed E-state index contributed by atoms with van der Waals surface area (Å²) in [5.74, 6) is 0. The Hall–Kier alpha value is -0.390. The highest BCUT2D eigenvalue weighted by Gasteiger charge is 2.39. The van der Waals surface area contributed by atoms with Crippen molar-refractivity contribution in [2.24, 2.45) is 7.05 Å². The zero-order valence-corrected chi connectivity index (χ0v) is 11.2. The van der Waals surface area contributed by atoms with E-state index in [0.29, 0.717) is 6.42 Å². The standard InChI is InChI=1S/C11H17BrN2O2/c1-14-10(9(12)7-13-14)11(15)5-3-4-8(6-11)16-2/h7-8,15H,3-6H2,1-2H3. The number of methoxy groups -OCH3 is 1. The Morgan fingerprint density at radius 1 is 1.69 bits per heavy atom. The molecule has 2 atom stereocenters. The van der Waals surface area contributed by atoms with Crippen molar-refractivity contribution in [3.63, 3.8) is 0 Å². The van der Waals surface area contributed by atoms with Crippen LogP contribution in [0.2, 0.25) is 0 Å². The van der Waals surface area contributed by atoms with E-state index in [4.69, 9.17) is 4.74 Å². The fourth-order valence-electron chi connectivity index (χ4n) is 2.55. The van der Waals surface area contributed by atoms with Crippen LogP contribution in [0.15, 0.2) is 10.7 Å². The molecule has 1 saturated carbocycles. The second-order valence-electron chi connectivity index (χ2n) is 4.45.